The van der Waals surface area contributed by atoms with Gasteiger partial charge in [0.25, 0.3) is 0 Å². The lowest BCUT2D eigenvalue weighted by Crippen LogP contribution is -2.29. The van der Waals surface area contributed by atoms with Gasteiger partial charge in [0.15, 0.2) is 0 Å². The largest absolute Gasteiger partial charge is 0.0725 e. The van der Waals surface area contributed by atoms with Crippen LogP contribution in [0.5, 0.6) is 0 Å². The lowest BCUT2D eigenvalue weighted by atomic mass is 9.66. The average molecular weight is 999 g/mol. The first-order valence-electron chi connectivity index (χ1n) is 27.8. The van der Waals surface area contributed by atoms with Crippen LogP contribution in [0.3, 0.4) is 0 Å². The van der Waals surface area contributed by atoms with E-state index in [1.807, 2.05) is 0 Å². The van der Waals surface area contributed by atoms with Crippen LogP contribution in [-0.4, -0.2) is 0 Å². The van der Waals surface area contributed by atoms with E-state index in [9.17, 15) is 0 Å². The molecule has 4 aliphatic carbocycles. The third-order valence-corrected chi connectivity index (χ3v) is 18.6. The van der Waals surface area contributed by atoms with Crippen molar-refractivity contribution >= 4 is 10.8 Å². The van der Waals surface area contributed by atoms with Gasteiger partial charge in [-0.15, -0.1) is 0 Å². The SMILES string of the molecule is c1ccc(C2(c3ccccc3)c3ccccc3-c3ccc(-c4cccc(C5(c6cccc(-c7cccc8c7-c7ccccc7C87c8ccccc8-c8c7ccc7ccccc87)c6)c6ccccc6-c6ccccc65)c4)cc32)cc1. The van der Waals surface area contributed by atoms with Gasteiger partial charge in [-0.05, 0) is 162 Å². The summed E-state index contributed by atoms with van der Waals surface area (Å²) in [4.78, 5) is 0. The van der Waals surface area contributed by atoms with Gasteiger partial charge in [-0.2, -0.15) is 0 Å². The van der Waals surface area contributed by atoms with Crippen molar-refractivity contribution in [2.75, 3.05) is 0 Å². The molecular formula is C79H50. The van der Waals surface area contributed by atoms with Gasteiger partial charge in [0.1, 0.15) is 0 Å². The molecule has 13 aromatic rings. The molecule has 1 atom stereocenters. The second-order valence-corrected chi connectivity index (χ2v) is 22.1. The summed E-state index contributed by atoms with van der Waals surface area (Å²) in [5, 5.41) is 2.57. The molecule has 0 heterocycles. The highest BCUT2D eigenvalue weighted by Gasteiger charge is 2.53. The van der Waals surface area contributed by atoms with Gasteiger partial charge in [-0.25, -0.2) is 0 Å². The number of hydrogen-bond donors (Lipinski definition) is 0. The molecule has 0 bridgehead atoms. The lowest BCUT2D eigenvalue weighted by Gasteiger charge is -2.35. The zero-order valence-corrected chi connectivity index (χ0v) is 43.4. The van der Waals surface area contributed by atoms with Crippen LogP contribution in [0, 0.1) is 0 Å². The highest BCUT2D eigenvalue weighted by atomic mass is 14.5. The molecule has 1 unspecified atom stereocenters. The molecule has 0 heteroatoms. The Morgan fingerprint density at radius 2 is 0.570 bits per heavy atom. The van der Waals surface area contributed by atoms with E-state index in [-0.39, 0.29) is 0 Å². The first-order chi connectivity index (χ1) is 39.2. The maximum atomic E-state index is 2.53. The molecule has 0 aliphatic heterocycles. The summed E-state index contributed by atoms with van der Waals surface area (Å²) in [7, 11) is 0. The second-order valence-electron chi connectivity index (χ2n) is 22.1. The molecule has 0 radical (unpaired) electrons. The van der Waals surface area contributed by atoms with Gasteiger partial charge in [-0.1, -0.05) is 285 Å². The molecule has 4 aliphatic rings. The Kier molecular flexibility index (Phi) is 9.28. The summed E-state index contributed by atoms with van der Waals surface area (Å²) in [5.41, 5.74) is 29.3. The van der Waals surface area contributed by atoms with E-state index in [0.717, 1.165) is 0 Å². The van der Waals surface area contributed by atoms with E-state index in [1.165, 1.54) is 144 Å². The monoisotopic (exact) mass is 998 g/mol. The Morgan fingerprint density at radius 3 is 1.18 bits per heavy atom. The van der Waals surface area contributed by atoms with Crippen molar-refractivity contribution in [3.63, 3.8) is 0 Å². The van der Waals surface area contributed by atoms with Crippen molar-refractivity contribution < 1.29 is 0 Å². The van der Waals surface area contributed by atoms with Gasteiger partial charge in [-0.3, -0.25) is 0 Å². The molecule has 17 rings (SSSR count). The van der Waals surface area contributed by atoms with E-state index < -0.39 is 16.2 Å². The molecule has 0 fully saturated rings. The zero-order valence-electron chi connectivity index (χ0n) is 43.4. The zero-order chi connectivity index (χ0) is 51.9. The van der Waals surface area contributed by atoms with E-state index in [0.29, 0.717) is 0 Å². The molecule has 0 N–H and O–H groups in total. The molecule has 0 amide bonds. The van der Waals surface area contributed by atoms with Crippen molar-refractivity contribution in [1.29, 1.82) is 0 Å². The molecule has 79 heavy (non-hydrogen) atoms. The Hall–Kier alpha value is -9.88. The van der Waals surface area contributed by atoms with Crippen molar-refractivity contribution in [3.8, 4) is 66.8 Å². The standard InChI is InChI=1S/C79H50/c1-3-25-55(26-4-1)77(56-27-5-2-6-28-56)67-38-14-11-34-63(67)64-46-44-53(50-74(64)77)52-23-19-29-57(48-52)78(68-39-15-9-32-61(68)62-33-10-16-40-69(62)78)58-30-20-24-54(49-58)60-37-21-43-72-76(60)66-36-13-18-42-71(66)79(72)70-41-17-12-35-65(70)75-59-31-8-7-22-51(59)45-47-73(75)79/h1-50H. The van der Waals surface area contributed by atoms with E-state index >= 15 is 0 Å². The smallest absolute Gasteiger partial charge is 0.0622 e. The maximum Gasteiger partial charge on any atom is 0.0725 e. The third kappa shape index (κ3) is 5.72. The maximum absolute atomic E-state index is 2.53. The predicted molar refractivity (Wildman–Crippen MR) is 326 cm³/mol. The summed E-state index contributed by atoms with van der Waals surface area (Å²) < 4.78 is 0. The van der Waals surface area contributed by atoms with Crippen LogP contribution >= 0.6 is 0 Å². The summed E-state index contributed by atoms with van der Waals surface area (Å²) in [6.45, 7) is 0. The number of rotatable bonds is 6. The number of benzene rings is 13. The first-order valence-corrected chi connectivity index (χ1v) is 27.8. The predicted octanol–water partition coefficient (Wildman–Crippen LogP) is 19.2. The van der Waals surface area contributed by atoms with Crippen LogP contribution in [-0.2, 0) is 16.2 Å². The quantitative estimate of drug-likeness (QED) is 0.156. The Labute approximate surface area is 461 Å². The molecule has 366 valence electrons. The van der Waals surface area contributed by atoms with Crippen molar-refractivity contribution in [2.24, 2.45) is 0 Å². The number of fused-ring (bicyclic) bond motifs is 18. The van der Waals surface area contributed by atoms with Crippen molar-refractivity contribution in [2.45, 2.75) is 16.2 Å². The Morgan fingerprint density at radius 1 is 0.177 bits per heavy atom. The normalized spacial score (nSPS) is 15.8. The summed E-state index contributed by atoms with van der Waals surface area (Å²) in [5.74, 6) is 0. The summed E-state index contributed by atoms with van der Waals surface area (Å²) >= 11 is 0. The third-order valence-electron chi connectivity index (χ3n) is 18.6. The van der Waals surface area contributed by atoms with Gasteiger partial charge in [0.2, 0.25) is 0 Å². The first kappa shape index (κ1) is 44.3. The van der Waals surface area contributed by atoms with E-state index in [1.54, 1.807) is 0 Å². The summed E-state index contributed by atoms with van der Waals surface area (Å²) in [6.07, 6.45) is 0. The molecule has 13 aromatic carbocycles. The van der Waals surface area contributed by atoms with E-state index in [4.69, 9.17) is 0 Å². The lowest BCUT2D eigenvalue weighted by molar-refractivity contribution is 0.767. The average Bonchev–Trinajstić information content (AvgIpc) is 4.24. The van der Waals surface area contributed by atoms with Crippen LogP contribution in [0.1, 0.15) is 66.8 Å². The molecule has 0 aromatic heterocycles. The van der Waals surface area contributed by atoms with Crippen molar-refractivity contribution in [1.82, 2.24) is 0 Å². The molecule has 0 nitrogen and oxygen atoms in total. The van der Waals surface area contributed by atoms with Gasteiger partial charge >= 0.3 is 0 Å². The Balaban J connectivity index is 0.879. The topological polar surface area (TPSA) is 0 Å². The van der Waals surface area contributed by atoms with E-state index in [2.05, 4.69) is 303 Å². The van der Waals surface area contributed by atoms with Crippen LogP contribution in [0.25, 0.3) is 77.5 Å². The minimum absolute atomic E-state index is 0.470. The summed E-state index contributed by atoms with van der Waals surface area (Å²) in [6, 6.07) is 115. The fourth-order valence-electron chi connectivity index (χ4n) is 15.7. The van der Waals surface area contributed by atoms with Crippen LogP contribution < -0.4 is 0 Å². The Bertz CT molecular complexity index is 4590. The minimum Gasteiger partial charge on any atom is -0.0622 e. The minimum atomic E-state index is -0.633. The fraction of sp³-hybridized carbons (Fsp3) is 0.0380. The van der Waals surface area contributed by atoms with Crippen LogP contribution in [0.2, 0.25) is 0 Å². The van der Waals surface area contributed by atoms with Crippen molar-refractivity contribution in [3.05, 3.63) is 370 Å². The highest BCUT2D eigenvalue weighted by Crippen LogP contribution is 2.66. The van der Waals surface area contributed by atoms with Gasteiger partial charge < -0.3 is 0 Å². The van der Waals surface area contributed by atoms with Gasteiger partial charge in [0.05, 0.1) is 16.2 Å². The van der Waals surface area contributed by atoms with Crippen LogP contribution in [0.4, 0.5) is 0 Å². The molecule has 1 spiro atoms. The molecule has 0 saturated heterocycles. The van der Waals surface area contributed by atoms with Crippen LogP contribution in [0.15, 0.2) is 303 Å². The number of hydrogen-bond acceptors (Lipinski definition) is 0. The fourth-order valence-corrected chi connectivity index (χ4v) is 15.7. The molecular weight excluding hydrogens is 949 g/mol. The second kappa shape index (κ2) is 16.6. The molecule has 0 saturated carbocycles. The highest BCUT2D eigenvalue weighted by molar-refractivity contribution is 6.07. The van der Waals surface area contributed by atoms with Gasteiger partial charge in [0, 0.05) is 0 Å².